The summed E-state index contributed by atoms with van der Waals surface area (Å²) in [6, 6.07) is 8.34. The molecule has 0 bridgehead atoms. The van der Waals surface area contributed by atoms with Gasteiger partial charge in [-0.2, -0.15) is 0 Å². The van der Waals surface area contributed by atoms with Gasteiger partial charge in [0.2, 0.25) is 5.91 Å². The quantitative estimate of drug-likeness (QED) is 0.608. The van der Waals surface area contributed by atoms with Crippen LogP contribution in [0.4, 0.5) is 0 Å². The number of carbonyl (C=O) groups excluding carboxylic acids is 1. The highest BCUT2D eigenvalue weighted by atomic mass is 32.2. The zero-order valence-electron chi connectivity index (χ0n) is 16.6. The Kier molecular flexibility index (Phi) is 8.16. The van der Waals surface area contributed by atoms with Crippen LogP contribution in [-0.4, -0.2) is 26.4 Å². The van der Waals surface area contributed by atoms with Crippen LogP contribution in [0.5, 0.6) is 0 Å². The Morgan fingerprint density at radius 3 is 2.59 bits per heavy atom. The van der Waals surface area contributed by atoms with Gasteiger partial charge in [0.25, 0.3) is 0 Å². The summed E-state index contributed by atoms with van der Waals surface area (Å²) in [4.78, 5) is 24.1. The first kappa shape index (κ1) is 21.3. The van der Waals surface area contributed by atoms with Crippen LogP contribution < -0.4 is 11.0 Å². The lowest BCUT2D eigenvalue weighted by Gasteiger charge is -2.15. The van der Waals surface area contributed by atoms with Crippen molar-refractivity contribution in [2.45, 2.75) is 64.7 Å². The zero-order chi connectivity index (χ0) is 19.8. The standard InChI is InChI=1S/C20H30N4O2S/c1-5-6-11-24-19(26)22-23-20(24)27-13-18(25)21-15(4)17-9-7-16(8-10-17)12-14(2)3/h7-10,14-15H,5-6,11-13H2,1-4H3,(H,21,25)(H,22,26)/t15-/m1/s1. The lowest BCUT2D eigenvalue weighted by atomic mass is 10.00. The van der Waals surface area contributed by atoms with E-state index in [1.807, 2.05) is 6.92 Å². The largest absolute Gasteiger partial charge is 0.349 e. The van der Waals surface area contributed by atoms with E-state index in [0.717, 1.165) is 24.8 Å². The lowest BCUT2D eigenvalue weighted by Crippen LogP contribution is -2.28. The Labute approximate surface area is 165 Å². The van der Waals surface area contributed by atoms with Gasteiger partial charge in [-0.15, -0.1) is 5.10 Å². The van der Waals surface area contributed by atoms with E-state index in [9.17, 15) is 9.59 Å². The first-order valence-electron chi connectivity index (χ1n) is 9.56. The highest BCUT2D eigenvalue weighted by Gasteiger charge is 2.13. The third-order valence-electron chi connectivity index (χ3n) is 4.29. The number of aromatic nitrogens is 3. The predicted octanol–water partition coefficient (Wildman–Crippen LogP) is 3.54. The van der Waals surface area contributed by atoms with Crippen LogP contribution in [0, 0.1) is 5.92 Å². The van der Waals surface area contributed by atoms with Gasteiger partial charge in [0.1, 0.15) is 0 Å². The number of carbonyl (C=O) groups is 1. The molecule has 148 valence electrons. The summed E-state index contributed by atoms with van der Waals surface area (Å²) < 4.78 is 1.60. The molecule has 0 spiro atoms. The smallest absolute Gasteiger partial charge is 0.343 e. The molecule has 7 heteroatoms. The number of hydrogen-bond donors (Lipinski definition) is 2. The highest BCUT2D eigenvalue weighted by molar-refractivity contribution is 7.99. The Balaban J connectivity index is 1.87. The van der Waals surface area contributed by atoms with Crippen molar-refractivity contribution in [2.75, 3.05) is 5.75 Å². The van der Waals surface area contributed by atoms with Gasteiger partial charge in [-0.05, 0) is 36.8 Å². The second-order valence-electron chi connectivity index (χ2n) is 7.23. The third-order valence-corrected chi connectivity index (χ3v) is 5.27. The van der Waals surface area contributed by atoms with E-state index in [1.54, 1.807) is 4.57 Å². The fraction of sp³-hybridized carbons (Fsp3) is 0.550. The molecule has 0 aliphatic carbocycles. The second-order valence-corrected chi connectivity index (χ2v) is 8.18. The van der Waals surface area contributed by atoms with Gasteiger partial charge in [0.15, 0.2) is 5.16 Å². The van der Waals surface area contributed by atoms with E-state index in [0.29, 0.717) is 17.6 Å². The number of nitrogens with zero attached hydrogens (tertiary/aromatic N) is 2. The molecule has 2 rings (SSSR count). The molecule has 0 saturated carbocycles. The molecule has 1 amide bonds. The Hall–Kier alpha value is -2.02. The molecule has 0 aliphatic rings. The Bertz CT molecular complexity index is 780. The second kappa shape index (κ2) is 10.3. The summed E-state index contributed by atoms with van der Waals surface area (Å²) >= 11 is 1.28. The van der Waals surface area contributed by atoms with E-state index >= 15 is 0 Å². The van der Waals surface area contributed by atoms with E-state index in [-0.39, 0.29) is 23.4 Å². The van der Waals surface area contributed by atoms with Crippen LogP contribution in [0.2, 0.25) is 0 Å². The number of thioether (sulfide) groups is 1. The first-order chi connectivity index (χ1) is 12.9. The molecule has 2 N–H and O–H groups in total. The minimum atomic E-state index is -0.221. The van der Waals surface area contributed by atoms with E-state index in [1.165, 1.54) is 17.3 Å². The molecule has 0 saturated heterocycles. The average molecular weight is 391 g/mol. The monoisotopic (exact) mass is 390 g/mol. The summed E-state index contributed by atoms with van der Waals surface area (Å²) in [7, 11) is 0. The number of H-pyrrole nitrogens is 1. The molecule has 1 aromatic heterocycles. The molecule has 0 unspecified atom stereocenters. The number of amides is 1. The van der Waals surface area contributed by atoms with Gasteiger partial charge in [-0.25, -0.2) is 9.89 Å². The minimum Gasteiger partial charge on any atom is -0.349 e. The van der Waals surface area contributed by atoms with Gasteiger partial charge in [-0.1, -0.05) is 63.2 Å². The van der Waals surface area contributed by atoms with Crippen LogP contribution in [0.1, 0.15) is 57.7 Å². The van der Waals surface area contributed by atoms with Crippen molar-refractivity contribution in [1.29, 1.82) is 0 Å². The molecule has 0 aliphatic heterocycles. The van der Waals surface area contributed by atoms with Crippen molar-refractivity contribution >= 4 is 17.7 Å². The number of nitrogens with one attached hydrogen (secondary N) is 2. The van der Waals surface area contributed by atoms with Crippen molar-refractivity contribution in [3.05, 3.63) is 45.9 Å². The Morgan fingerprint density at radius 1 is 1.26 bits per heavy atom. The maximum atomic E-state index is 12.3. The fourth-order valence-corrected chi connectivity index (χ4v) is 3.62. The van der Waals surface area contributed by atoms with Crippen molar-refractivity contribution in [3.8, 4) is 0 Å². The molecule has 2 aromatic rings. The van der Waals surface area contributed by atoms with Crippen LogP contribution in [0.25, 0.3) is 0 Å². The van der Waals surface area contributed by atoms with Crippen molar-refractivity contribution < 1.29 is 4.79 Å². The fourth-order valence-electron chi connectivity index (χ4n) is 2.84. The van der Waals surface area contributed by atoms with Crippen molar-refractivity contribution in [2.24, 2.45) is 5.92 Å². The normalized spacial score (nSPS) is 12.3. The van der Waals surface area contributed by atoms with Crippen LogP contribution >= 0.6 is 11.8 Å². The van der Waals surface area contributed by atoms with Gasteiger partial charge in [-0.3, -0.25) is 9.36 Å². The van der Waals surface area contributed by atoms with E-state index in [4.69, 9.17) is 0 Å². The van der Waals surface area contributed by atoms with Crippen LogP contribution in [0.15, 0.2) is 34.2 Å². The first-order valence-corrected chi connectivity index (χ1v) is 10.6. The van der Waals surface area contributed by atoms with Gasteiger partial charge in [0, 0.05) is 6.54 Å². The maximum absolute atomic E-state index is 12.3. The minimum absolute atomic E-state index is 0.0623. The molecular formula is C20H30N4O2S. The number of hydrogen-bond acceptors (Lipinski definition) is 4. The Morgan fingerprint density at radius 2 is 1.96 bits per heavy atom. The van der Waals surface area contributed by atoms with Gasteiger partial charge in [0.05, 0.1) is 11.8 Å². The molecule has 1 aromatic carbocycles. The molecule has 0 fully saturated rings. The average Bonchev–Trinajstić information content (AvgIpc) is 2.98. The summed E-state index contributed by atoms with van der Waals surface area (Å²) in [5.74, 6) is 0.782. The lowest BCUT2D eigenvalue weighted by molar-refractivity contribution is -0.119. The SMILES string of the molecule is CCCCn1c(SCC(=O)N[C@H](C)c2ccc(CC(C)C)cc2)n[nH]c1=O. The summed E-state index contributed by atoms with van der Waals surface area (Å²) in [5, 5.41) is 10.1. The molecule has 1 atom stereocenters. The maximum Gasteiger partial charge on any atom is 0.343 e. The number of aromatic amines is 1. The summed E-state index contributed by atoms with van der Waals surface area (Å²) in [6.45, 7) is 9.08. The zero-order valence-corrected chi connectivity index (χ0v) is 17.4. The number of unbranched alkanes of at least 4 members (excludes halogenated alkanes) is 1. The molecule has 6 nitrogen and oxygen atoms in total. The molecular weight excluding hydrogens is 360 g/mol. The van der Waals surface area contributed by atoms with Crippen molar-refractivity contribution in [3.63, 3.8) is 0 Å². The van der Waals surface area contributed by atoms with E-state index in [2.05, 4.69) is 60.6 Å². The topological polar surface area (TPSA) is 79.8 Å². The number of rotatable bonds is 10. The molecule has 1 heterocycles. The van der Waals surface area contributed by atoms with Crippen LogP contribution in [-0.2, 0) is 17.8 Å². The highest BCUT2D eigenvalue weighted by Crippen LogP contribution is 2.17. The van der Waals surface area contributed by atoms with E-state index < -0.39 is 0 Å². The molecule has 0 radical (unpaired) electrons. The predicted molar refractivity (Wildman–Crippen MR) is 110 cm³/mol. The summed E-state index contributed by atoms with van der Waals surface area (Å²) in [6.07, 6.45) is 2.96. The third kappa shape index (κ3) is 6.57. The van der Waals surface area contributed by atoms with Crippen molar-refractivity contribution in [1.82, 2.24) is 20.1 Å². The molecule has 27 heavy (non-hydrogen) atoms. The van der Waals surface area contributed by atoms with Gasteiger partial charge < -0.3 is 5.32 Å². The van der Waals surface area contributed by atoms with Crippen LogP contribution in [0.3, 0.4) is 0 Å². The summed E-state index contributed by atoms with van der Waals surface area (Å²) in [5.41, 5.74) is 2.17. The number of benzene rings is 1. The van der Waals surface area contributed by atoms with Gasteiger partial charge >= 0.3 is 5.69 Å².